The van der Waals surface area contributed by atoms with E-state index in [9.17, 15) is 0 Å². The molecule has 1 aromatic carbocycles. The Hall–Kier alpha value is -0.0500. The van der Waals surface area contributed by atoms with Crippen molar-refractivity contribution in [3.63, 3.8) is 0 Å². The number of rotatable bonds is 5. The predicted molar refractivity (Wildman–Crippen MR) is 70.5 cm³/mol. The summed E-state index contributed by atoms with van der Waals surface area (Å²) in [4.78, 5) is 2.37. The molecule has 0 aliphatic rings. The Morgan fingerprint density at radius 1 is 1.33 bits per heavy atom. The van der Waals surface area contributed by atoms with Crippen molar-refractivity contribution < 1.29 is 0 Å². The van der Waals surface area contributed by atoms with E-state index in [2.05, 4.69) is 52.9 Å². The van der Waals surface area contributed by atoms with Gasteiger partial charge >= 0.3 is 0 Å². The van der Waals surface area contributed by atoms with E-state index in [0.29, 0.717) is 11.9 Å². The number of nitrogens with zero attached hydrogens (tertiary/aromatic N) is 1. The molecule has 84 valence electrons. The van der Waals surface area contributed by atoms with Gasteiger partial charge in [0, 0.05) is 16.4 Å². The van der Waals surface area contributed by atoms with Crippen molar-refractivity contribution in [1.29, 1.82) is 0 Å². The van der Waals surface area contributed by atoms with Crippen molar-refractivity contribution in [3.8, 4) is 0 Å². The van der Waals surface area contributed by atoms with Gasteiger partial charge in [-0.15, -0.1) is 11.6 Å². The highest BCUT2D eigenvalue weighted by Crippen LogP contribution is 2.24. The van der Waals surface area contributed by atoms with Crippen molar-refractivity contribution in [2.24, 2.45) is 0 Å². The molecule has 3 heteroatoms. The predicted octanol–water partition coefficient (Wildman–Crippen LogP) is 4.07. The van der Waals surface area contributed by atoms with E-state index in [1.165, 1.54) is 5.56 Å². The lowest BCUT2D eigenvalue weighted by molar-refractivity contribution is 0.237. The molecule has 0 saturated carbocycles. The quantitative estimate of drug-likeness (QED) is 0.739. The van der Waals surface area contributed by atoms with E-state index in [0.717, 1.165) is 17.6 Å². The number of hydrogen-bond donors (Lipinski definition) is 0. The zero-order valence-electron chi connectivity index (χ0n) is 9.21. The molecule has 1 unspecified atom stereocenters. The van der Waals surface area contributed by atoms with Crippen LogP contribution in [-0.2, 0) is 0 Å². The Morgan fingerprint density at radius 2 is 2.00 bits per heavy atom. The lowest BCUT2D eigenvalue weighted by atomic mass is 10.1. The molecule has 0 aliphatic carbocycles. The first kappa shape index (κ1) is 13.0. The van der Waals surface area contributed by atoms with Crippen LogP contribution in [0, 0.1) is 0 Å². The Bertz CT molecular complexity index is 299. The molecule has 0 heterocycles. The van der Waals surface area contributed by atoms with E-state index < -0.39 is 0 Å². The topological polar surface area (TPSA) is 3.24 Å². The fraction of sp³-hybridized carbons (Fsp3) is 0.500. The monoisotopic (exact) mass is 289 g/mol. The van der Waals surface area contributed by atoms with Gasteiger partial charge in [0.05, 0.1) is 0 Å². The van der Waals surface area contributed by atoms with E-state index in [1.807, 2.05) is 6.07 Å². The third-order valence-electron chi connectivity index (χ3n) is 2.63. The molecule has 0 aliphatic heterocycles. The van der Waals surface area contributed by atoms with Crippen LogP contribution < -0.4 is 0 Å². The molecule has 0 aromatic heterocycles. The van der Waals surface area contributed by atoms with Crippen molar-refractivity contribution >= 4 is 27.5 Å². The second-order valence-electron chi connectivity index (χ2n) is 3.45. The Labute approximate surface area is 106 Å². The summed E-state index contributed by atoms with van der Waals surface area (Å²) in [6, 6.07) is 8.69. The van der Waals surface area contributed by atoms with E-state index in [1.54, 1.807) is 0 Å². The van der Waals surface area contributed by atoms with Crippen LogP contribution in [0.15, 0.2) is 28.7 Å². The first-order valence-corrected chi connectivity index (χ1v) is 6.61. The first-order valence-electron chi connectivity index (χ1n) is 5.28. The third kappa shape index (κ3) is 3.47. The molecule has 1 atom stereocenters. The van der Waals surface area contributed by atoms with Crippen LogP contribution in [0.1, 0.15) is 25.5 Å². The van der Waals surface area contributed by atoms with Crippen LogP contribution in [0.25, 0.3) is 0 Å². The fourth-order valence-electron chi connectivity index (χ4n) is 1.78. The zero-order chi connectivity index (χ0) is 11.3. The summed E-state index contributed by atoms with van der Waals surface area (Å²) >= 11 is 9.54. The molecular formula is C12H17BrClN. The Morgan fingerprint density at radius 3 is 2.47 bits per heavy atom. The molecule has 0 amide bonds. The second-order valence-corrected chi connectivity index (χ2v) is 4.67. The minimum atomic E-state index is 0.319. The van der Waals surface area contributed by atoms with Gasteiger partial charge in [-0.1, -0.05) is 41.9 Å². The standard InChI is InChI=1S/C12H17BrClN/c1-3-15(4-2)12(9-14)10-6-5-7-11(13)8-10/h5-8,12H,3-4,9H2,1-2H3. The van der Waals surface area contributed by atoms with Crippen molar-refractivity contribution in [2.75, 3.05) is 19.0 Å². The zero-order valence-corrected chi connectivity index (χ0v) is 11.6. The smallest absolute Gasteiger partial charge is 0.0483 e. The maximum absolute atomic E-state index is 6.05. The maximum Gasteiger partial charge on any atom is 0.0483 e. The highest BCUT2D eigenvalue weighted by atomic mass is 79.9. The summed E-state index contributed by atoms with van der Waals surface area (Å²) in [5.41, 5.74) is 1.28. The van der Waals surface area contributed by atoms with Crippen LogP contribution in [0.4, 0.5) is 0 Å². The highest BCUT2D eigenvalue weighted by molar-refractivity contribution is 9.10. The van der Waals surface area contributed by atoms with Gasteiger partial charge in [0.2, 0.25) is 0 Å². The Kier molecular flexibility index (Phi) is 5.65. The van der Waals surface area contributed by atoms with Crippen LogP contribution in [0.3, 0.4) is 0 Å². The largest absolute Gasteiger partial charge is 0.296 e. The number of alkyl halides is 1. The molecule has 0 fully saturated rings. The first-order chi connectivity index (χ1) is 7.22. The SMILES string of the molecule is CCN(CC)C(CCl)c1cccc(Br)c1. The minimum Gasteiger partial charge on any atom is -0.296 e. The van der Waals surface area contributed by atoms with E-state index in [-0.39, 0.29) is 0 Å². The average Bonchev–Trinajstić information content (AvgIpc) is 2.25. The van der Waals surface area contributed by atoms with Crippen molar-refractivity contribution in [2.45, 2.75) is 19.9 Å². The van der Waals surface area contributed by atoms with Crippen molar-refractivity contribution in [3.05, 3.63) is 34.3 Å². The van der Waals surface area contributed by atoms with Crippen LogP contribution in [0.5, 0.6) is 0 Å². The summed E-state index contributed by atoms with van der Waals surface area (Å²) < 4.78 is 1.11. The summed E-state index contributed by atoms with van der Waals surface area (Å²) in [5, 5.41) is 0. The molecule has 0 saturated heterocycles. The molecule has 0 bridgehead atoms. The lowest BCUT2D eigenvalue weighted by Crippen LogP contribution is -2.29. The van der Waals surface area contributed by atoms with Gasteiger partial charge in [0.1, 0.15) is 0 Å². The highest BCUT2D eigenvalue weighted by Gasteiger charge is 2.16. The van der Waals surface area contributed by atoms with Gasteiger partial charge in [-0.25, -0.2) is 0 Å². The van der Waals surface area contributed by atoms with E-state index >= 15 is 0 Å². The molecule has 0 radical (unpaired) electrons. The van der Waals surface area contributed by atoms with E-state index in [4.69, 9.17) is 11.6 Å². The average molecular weight is 291 g/mol. The molecule has 1 aromatic rings. The normalized spacial score (nSPS) is 13.1. The van der Waals surface area contributed by atoms with Crippen LogP contribution in [0.2, 0.25) is 0 Å². The molecular weight excluding hydrogens is 273 g/mol. The number of hydrogen-bond acceptors (Lipinski definition) is 1. The molecule has 15 heavy (non-hydrogen) atoms. The number of halogens is 2. The summed E-state index contributed by atoms with van der Waals surface area (Å²) in [6.07, 6.45) is 0. The fourth-order valence-corrected chi connectivity index (χ4v) is 2.57. The number of benzene rings is 1. The molecule has 0 spiro atoms. The second kappa shape index (κ2) is 6.51. The van der Waals surface area contributed by atoms with Gasteiger partial charge in [-0.05, 0) is 30.8 Å². The minimum absolute atomic E-state index is 0.319. The van der Waals surface area contributed by atoms with Crippen LogP contribution in [-0.4, -0.2) is 23.9 Å². The van der Waals surface area contributed by atoms with Crippen molar-refractivity contribution in [1.82, 2.24) is 4.90 Å². The van der Waals surface area contributed by atoms with Crippen LogP contribution >= 0.6 is 27.5 Å². The summed E-state index contributed by atoms with van der Waals surface area (Å²) in [6.45, 7) is 6.39. The van der Waals surface area contributed by atoms with Gasteiger partial charge < -0.3 is 0 Å². The molecule has 1 rings (SSSR count). The summed E-state index contributed by atoms with van der Waals surface area (Å²) in [7, 11) is 0. The third-order valence-corrected chi connectivity index (χ3v) is 3.42. The summed E-state index contributed by atoms with van der Waals surface area (Å²) in [5.74, 6) is 0.637. The van der Waals surface area contributed by atoms with Gasteiger partial charge in [-0.3, -0.25) is 4.90 Å². The Balaban J connectivity index is 2.90. The van der Waals surface area contributed by atoms with Gasteiger partial charge in [0.15, 0.2) is 0 Å². The maximum atomic E-state index is 6.05. The van der Waals surface area contributed by atoms with Gasteiger partial charge in [-0.2, -0.15) is 0 Å². The molecule has 0 N–H and O–H groups in total. The van der Waals surface area contributed by atoms with Gasteiger partial charge in [0.25, 0.3) is 0 Å². The lowest BCUT2D eigenvalue weighted by Gasteiger charge is -2.28. The molecule has 1 nitrogen and oxygen atoms in total.